The van der Waals surface area contributed by atoms with Crippen LogP contribution in [0.4, 0.5) is 0 Å². The van der Waals surface area contributed by atoms with Crippen LogP contribution in [0.3, 0.4) is 0 Å². The molecule has 0 saturated heterocycles. The van der Waals surface area contributed by atoms with Gasteiger partial charge in [0.2, 0.25) is 0 Å². The highest BCUT2D eigenvalue weighted by Gasteiger charge is 2.04. The van der Waals surface area contributed by atoms with Gasteiger partial charge in [0.25, 0.3) is 0 Å². The fourth-order valence-corrected chi connectivity index (χ4v) is 1.55. The van der Waals surface area contributed by atoms with Gasteiger partial charge in [-0.05, 0) is 28.2 Å². The van der Waals surface area contributed by atoms with E-state index in [1.807, 2.05) is 0 Å². The van der Waals surface area contributed by atoms with Gasteiger partial charge in [0.15, 0.2) is 0 Å². The molecule has 0 spiro atoms. The molecule has 3 heteroatoms. The highest BCUT2D eigenvalue weighted by atomic mass is 32.1. The van der Waals surface area contributed by atoms with Gasteiger partial charge < -0.3 is 9.80 Å². The van der Waals surface area contributed by atoms with Crippen molar-refractivity contribution in [3.8, 4) is 0 Å². The third kappa shape index (κ3) is 6.39. The van der Waals surface area contributed by atoms with Gasteiger partial charge in [-0.15, -0.1) is 0 Å². The Morgan fingerprint density at radius 1 is 1.00 bits per heavy atom. The van der Waals surface area contributed by atoms with Crippen LogP contribution in [0.5, 0.6) is 0 Å². The summed E-state index contributed by atoms with van der Waals surface area (Å²) in [6, 6.07) is 0. The molecule has 0 aliphatic heterocycles. The molecule has 0 aromatic rings. The van der Waals surface area contributed by atoms with Gasteiger partial charge in [-0.3, -0.25) is 0 Å². The van der Waals surface area contributed by atoms with Gasteiger partial charge in [0.1, 0.15) is 0 Å². The van der Waals surface area contributed by atoms with Crippen LogP contribution in [0, 0.1) is 0 Å². The lowest BCUT2D eigenvalue weighted by Crippen LogP contribution is -2.30. The van der Waals surface area contributed by atoms with E-state index in [1.165, 1.54) is 0 Å². The van der Waals surface area contributed by atoms with Crippen LogP contribution in [-0.4, -0.2) is 56.3 Å². The summed E-state index contributed by atoms with van der Waals surface area (Å²) in [5, 5.41) is 0.463. The van der Waals surface area contributed by atoms with E-state index in [2.05, 4.69) is 50.6 Å². The smallest absolute Gasteiger partial charge is 0.0271 e. The second-order valence-electron chi connectivity index (χ2n) is 3.18. The lowest BCUT2D eigenvalue weighted by atomic mass is 10.4. The summed E-state index contributed by atoms with van der Waals surface area (Å²) in [5.41, 5.74) is 0. The van der Waals surface area contributed by atoms with Crippen molar-refractivity contribution in [1.82, 2.24) is 9.80 Å². The van der Waals surface area contributed by atoms with Crippen LogP contribution in [0.25, 0.3) is 0 Å². The van der Waals surface area contributed by atoms with E-state index in [4.69, 9.17) is 0 Å². The van der Waals surface area contributed by atoms with Crippen LogP contribution in [0.2, 0.25) is 0 Å². The molecular formula is C7H18N2S. The molecule has 2 nitrogen and oxygen atoms in total. The van der Waals surface area contributed by atoms with Crippen LogP contribution >= 0.6 is 12.6 Å². The quantitative estimate of drug-likeness (QED) is 0.598. The molecule has 0 aliphatic carbocycles. The maximum absolute atomic E-state index is 4.43. The van der Waals surface area contributed by atoms with Crippen LogP contribution in [0.1, 0.15) is 0 Å². The summed E-state index contributed by atoms with van der Waals surface area (Å²) >= 11 is 4.43. The Hall–Kier alpha value is 0.270. The standard InChI is InChI=1S/C7H18N2S/c1-8(2)5-7(10)6-9(3)4/h7,10H,5-6H2,1-4H3. The van der Waals surface area contributed by atoms with Gasteiger partial charge >= 0.3 is 0 Å². The molecule has 0 N–H and O–H groups in total. The Kier molecular flexibility index (Phi) is 5.13. The molecule has 0 amide bonds. The SMILES string of the molecule is CN(C)CC(S)CN(C)C. The zero-order chi connectivity index (χ0) is 8.15. The largest absolute Gasteiger partial charge is 0.308 e. The first-order chi connectivity index (χ1) is 4.52. The van der Waals surface area contributed by atoms with Crippen LogP contribution in [-0.2, 0) is 0 Å². The summed E-state index contributed by atoms with van der Waals surface area (Å²) in [6.07, 6.45) is 0. The molecule has 0 bridgehead atoms. The van der Waals surface area contributed by atoms with Crippen molar-refractivity contribution < 1.29 is 0 Å². The Morgan fingerprint density at radius 2 is 1.30 bits per heavy atom. The predicted molar refractivity (Wildman–Crippen MR) is 49.9 cm³/mol. The summed E-state index contributed by atoms with van der Waals surface area (Å²) in [5.74, 6) is 0. The molecule has 0 radical (unpaired) electrons. The van der Waals surface area contributed by atoms with Crippen molar-refractivity contribution in [2.24, 2.45) is 0 Å². The zero-order valence-corrected chi connectivity index (χ0v) is 8.23. The van der Waals surface area contributed by atoms with E-state index < -0.39 is 0 Å². The first kappa shape index (κ1) is 10.3. The summed E-state index contributed by atoms with van der Waals surface area (Å²) in [7, 11) is 8.27. The topological polar surface area (TPSA) is 6.48 Å². The minimum Gasteiger partial charge on any atom is -0.308 e. The van der Waals surface area contributed by atoms with E-state index in [0.29, 0.717) is 5.25 Å². The Bertz CT molecular complexity index is 73.7. The highest BCUT2D eigenvalue weighted by molar-refractivity contribution is 7.81. The van der Waals surface area contributed by atoms with Crippen molar-refractivity contribution in [2.75, 3.05) is 41.3 Å². The van der Waals surface area contributed by atoms with Crippen molar-refractivity contribution >= 4 is 12.6 Å². The molecule has 0 aromatic carbocycles. The average Bonchev–Trinajstić information content (AvgIpc) is 1.58. The monoisotopic (exact) mass is 162 g/mol. The maximum atomic E-state index is 4.43. The van der Waals surface area contributed by atoms with Crippen molar-refractivity contribution in [3.05, 3.63) is 0 Å². The van der Waals surface area contributed by atoms with Crippen molar-refractivity contribution in [3.63, 3.8) is 0 Å². The molecule has 0 atom stereocenters. The van der Waals surface area contributed by atoms with Gasteiger partial charge in [-0.25, -0.2) is 0 Å². The van der Waals surface area contributed by atoms with Gasteiger partial charge in [-0.1, -0.05) is 0 Å². The predicted octanol–water partition coefficient (Wildman–Crippen LogP) is 0.408. The lowest BCUT2D eigenvalue weighted by Gasteiger charge is -2.19. The number of thiol groups is 1. The Balaban J connectivity index is 3.34. The minimum absolute atomic E-state index is 0.463. The number of rotatable bonds is 4. The third-order valence-electron chi connectivity index (χ3n) is 1.15. The molecule has 10 heavy (non-hydrogen) atoms. The zero-order valence-electron chi connectivity index (χ0n) is 7.33. The van der Waals surface area contributed by atoms with E-state index in [1.54, 1.807) is 0 Å². The lowest BCUT2D eigenvalue weighted by molar-refractivity contribution is 0.348. The van der Waals surface area contributed by atoms with Gasteiger partial charge in [-0.2, -0.15) is 12.6 Å². The van der Waals surface area contributed by atoms with E-state index in [-0.39, 0.29) is 0 Å². The first-order valence-corrected chi connectivity index (χ1v) is 4.01. The molecular weight excluding hydrogens is 144 g/mol. The first-order valence-electron chi connectivity index (χ1n) is 3.50. The second-order valence-corrected chi connectivity index (χ2v) is 3.91. The normalized spacial score (nSPS) is 12.0. The van der Waals surface area contributed by atoms with Crippen molar-refractivity contribution in [2.45, 2.75) is 5.25 Å². The van der Waals surface area contributed by atoms with Crippen molar-refractivity contribution in [1.29, 1.82) is 0 Å². The molecule has 0 aliphatic rings. The van der Waals surface area contributed by atoms with E-state index in [0.717, 1.165) is 13.1 Å². The molecule has 0 heterocycles. The van der Waals surface area contributed by atoms with E-state index in [9.17, 15) is 0 Å². The number of hydrogen-bond donors (Lipinski definition) is 1. The van der Waals surface area contributed by atoms with Gasteiger partial charge in [0, 0.05) is 18.3 Å². The average molecular weight is 162 g/mol. The fourth-order valence-electron chi connectivity index (χ4n) is 0.901. The summed E-state index contributed by atoms with van der Waals surface area (Å²) in [6.45, 7) is 2.09. The molecule has 62 valence electrons. The summed E-state index contributed by atoms with van der Waals surface area (Å²) in [4.78, 5) is 4.31. The molecule has 0 unspecified atom stereocenters. The van der Waals surface area contributed by atoms with Crippen LogP contribution in [0.15, 0.2) is 0 Å². The molecule has 0 aromatic heterocycles. The second kappa shape index (κ2) is 4.99. The Morgan fingerprint density at radius 3 is 1.50 bits per heavy atom. The molecule has 0 fully saturated rings. The number of hydrogen-bond acceptors (Lipinski definition) is 3. The highest BCUT2D eigenvalue weighted by Crippen LogP contribution is 1.97. The minimum atomic E-state index is 0.463. The summed E-state index contributed by atoms with van der Waals surface area (Å²) < 4.78 is 0. The third-order valence-corrected chi connectivity index (χ3v) is 1.48. The maximum Gasteiger partial charge on any atom is 0.0271 e. The van der Waals surface area contributed by atoms with Gasteiger partial charge in [0.05, 0.1) is 0 Å². The van der Waals surface area contributed by atoms with E-state index >= 15 is 0 Å². The molecule has 0 saturated carbocycles. The Labute approximate surface area is 69.6 Å². The number of nitrogens with zero attached hydrogens (tertiary/aromatic N) is 2. The molecule has 0 rings (SSSR count). The fraction of sp³-hybridized carbons (Fsp3) is 1.00. The van der Waals surface area contributed by atoms with Crippen LogP contribution < -0.4 is 0 Å².